The Morgan fingerprint density at radius 2 is 2.24 bits per heavy atom. The predicted molar refractivity (Wildman–Crippen MR) is 80.5 cm³/mol. The third-order valence-electron chi connectivity index (χ3n) is 3.47. The Bertz CT molecular complexity index is 690. The maximum absolute atomic E-state index is 12.5. The van der Waals surface area contributed by atoms with E-state index in [1.54, 1.807) is 24.3 Å². The standard InChI is InChI=1S/C16H16N2O3/c1-3-18-14-9-11(20-2)6-7-12(14)17-13(10-16(18)19)15-5-4-8-21-15/h4-9H,3,10H2,1-2H3. The molecule has 0 saturated carbocycles. The number of amides is 1. The quantitative estimate of drug-likeness (QED) is 0.870. The van der Waals surface area contributed by atoms with Gasteiger partial charge in [0.05, 0.1) is 36.9 Å². The summed E-state index contributed by atoms with van der Waals surface area (Å²) in [5.74, 6) is 1.33. The number of nitrogens with zero attached hydrogens (tertiary/aromatic N) is 2. The number of anilines is 1. The van der Waals surface area contributed by atoms with Crippen molar-refractivity contribution in [1.82, 2.24) is 0 Å². The summed E-state index contributed by atoms with van der Waals surface area (Å²) in [7, 11) is 1.61. The average molecular weight is 284 g/mol. The van der Waals surface area contributed by atoms with E-state index in [0.717, 1.165) is 11.4 Å². The molecule has 0 fully saturated rings. The van der Waals surface area contributed by atoms with E-state index in [-0.39, 0.29) is 12.3 Å². The first-order chi connectivity index (χ1) is 10.2. The largest absolute Gasteiger partial charge is 0.497 e. The summed E-state index contributed by atoms with van der Waals surface area (Å²) in [5, 5.41) is 0. The highest BCUT2D eigenvalue weighted by Crippen LogP contribution is 2.36. The van der Waals surface area contributed by atoms with Crippen LogP contribution >= 0.6 is 0 Å². The van der Waals surface area contributed by atoms with Crippen LogP contribution in [0.3, 0.4) is 0 Å². The molecule has 2 aromatic rings. The number of furan rings is 1. The molecule has 0 aliphatic carbocycles. The van der Waals surface area contributed by atoms with Crippen LogP contribution in [-0.2, 0) is 4.79 Å². The van der Waals surface area contributed by atoms with Gasteiger partial charge in [0.2, 0.25) is 5.91 Å². The third-order valence-corrected chi connectivity index (χ3v) is 3.47. The molecule has 0 spiro atoms. The number of hydrogen-bond donors (Lipinski definition) is 0. The number of carbonyl (C=O) groups is 1. The zero-order valence-corrected chi connectivity index (χ0v) is 12.0. The van der Waals surface area contributed by atoms with E-state index >= 15 is 0 Å². The van der Waals surface area contributed by atoms with E-state index in [0.29, 0.717) is 23.8 Å². The fourth-order valence-electron chi connectivity index (χ4n) is 2.43. The number of carbonyl (C=O) groups excluding carboxylic acids is 1. The van der Waals surface area contributed by atoms with E-state index < -0.39 is 0 Å². The number of hydrogen-bond acceptors (Lipinski definition) is 4. The summed E-state index contributed by atoms with van der Waals surface area (Å²) < 4.78 is 10.6. The van der Waals surface area contributed by atoms with Gasteiger partial charge in [-0.3, -0.25) is 4.79 Å². The molecule has 2 heterocycles. The summed E-state index contributed by atoms with van der Waals surface area (Å²) in [6.07, 6.45) is 1.80. The third kappa shape index (κ3) is 2.42. The van der Waals surface area contributed by atoms with Gasteiger partial charge in [-0.05, 0) is 31.2 Å². The lowest BCUT2D eigenvalue weighted by molar-refractivity contribution is -0.117. The van der Waals surface area contributed by atoms with Crippen molar-refractivity contribution in [1.29, 1.82) is 0 Å². The Labute approximate surface area is 122 Å². The van der Waals surface area contributed by atoms with Gasteiger partial charge in [0.15, 0.2) is 0 Å². The first-order valence-electron chi connectivity index (χ1n) is 6.82. The Hall–Kier alpha value is -2.56. The molecule has 0 atom stereocenters. The second kappa shape index (κ2) is 5.44. The van der Waals surface area contributed by atoms with Crippen molar-refractivity contribution in [3.8, 4) is 5.75 Å². The minimum Gasteiger partial charge on any atom is -0.497 e. The maximum Gasteiger partial charge on any atom is 0.233 e. The van der Waals surface area contributed by atoms with Crippen LogP contribution in [0.5, 0.6) is 5.75 Å². The molecule has 1 aliphatic heterocycles. The van der Waals surface area contributed by atoms with E-state index in [1.165, 1.54) is 0 Å². The Morgan fingerprint density at radius 3 is 2.90 bits per heavy atom. The Kier molecular flexibility index (Phi) is 3.48. The molecular formula is C16H16N2O3. The molecule has 0 saturated heterocycles. The number of benzene rings is 1. The molecule has 3 rings (SSSR count). The van der Waals surface area contributed by atoms with E-state index in [4.69, 9.17) is 9.15 Å². The molecule has 5 heteroatoms. The van der Waals surface area contributed by atoms with Crippen LogP contribution in [0.4, 0.5) is 11.4 Å². The molecule has 0 N–H and O–H groups in total. The van der Waals surface area contributed by atoms with Crippen LogP contribution in [0, 0.1) is 0 Å². The highest BCUT2D eigenvalue weighted by atomic mass is 16.5. The summed E-state index contributed by atoms with van der Waals surface area (Å²) in [4.78, 5) is 18.8. The number of ether oxygens (including phenoxy) is 1. The molecule has 1 aromatic heterocycles. The predicted octanol–water partition coefficient (Wildman–Crippen LogP) is 3.17. The van der Waals surface area contributed by atoms with Gasteiger partial charge in [-0.15, -0.1) is 0 Å². The first kappa shape index (κ1) is 13.4. The van der Waals surface area contributed by atoms with Crippen LogP contribution in [0.2, 0.25) is 0 Å². The van der Waals surface area contributed by atoms with Crippen LogP contribution in [0.1, 0.15) is 19.1 Å². The molecule has 1 amide bonds. The molecule has 5 nitrogen and oxygen atoms in total. The van der Waals surface area contributed by atoms with Crippen molar-refractivity contribution in [2.75, 3.05) is 18.6 Å². The van der Waals surface area contributed by atoms with Gasteiger partial charge < -0.3 is 14.1 Å². The zero-order valence-electron chi connectivity index (χ0n) is 12.0. The highest BCUT2D eigenvalue weighted by molar-refractivity contribution is 6.16. The van der Waals surface area contributed by atoms with Gasteiger partial charge in [0, 0.05) is 12.6 Å². The first-order valence-corrected chi connectivity index (χ1v) is 6.82. The van der Waals surface area contributed by atoms with Gasteiger partial charge in [-0.1, -0.05) is 0 Å². The van der Waals surface area contributed by atoms with Gasteiger partial charge in [-0.2, -0.15) is 0 Å². The van der Waals surface area contributed by atoms with Crippen molar-refractivity contribution in [3.05, 3.63) is 42.4 Å². The Morgan fingerprint density at radius 1 is 1.38 bits per heavy atom. The van der Waals surface area contributed by atoms with E-state index in [2.05, 4.69) is 4.99 Å². The fraction of sp³-hybridized carbons (Fsp3) is 0.250. The number of aliphatic imine (C=N–C) groups is 1. The summed E-state index contributed by atoms with van der Waals surface area (Å²) in [6.45, 7) is 2.53. The van der Waals surface area contributed by atoms with Crippen LogP contribution in [-0.4, -0.2) is 25.3 Å². The van der Waals surface area contributed by atoms with Crippen molar-refractivity contribution in [2.45, 2.75) is 13.3 Å². The summed E-state index contributed by atoms with van der Waals surface area (Å²) >= 11 is 0. The summed E-state index contributed by atoms with van der Waals surface area (Å²) in [5.41, 5.74) is 2.16. The fourth-order valence-corrected chi connectivity index (χ4v) is 2.43. The normalized spacial score (nSPS) is 14.5. The van der Waals surface area contributed by atoms with Crippen LogP contribution < -0.4 is 9.64 Å². The molecule has 0 bridgehead atoms. The van der Waals surface area contributed by atoms with Crippen molar-refractivity contribution >= 4 is 23.0 Å². The lowest BCUT2D eigenvalue weighted by Crippen LogP contribution is -2.31. The van der Waals surface area contributed by atoms with Gasteiger partial charge >= 0.3 is 0 Å². The SMILES string of the molecule is CCN1C(=O)CC(c2ccco2)=Nc2ccc(OC)cc21. The molecule has 108 valence electrons. The lowest BCUT2D eigenvalue weighted by Gasteiger charge is -2.20. The smallest absolute Gasteiger partial charge is 0.233 e. The second-order valence-corrected chi connectivity index (χ2v) is 4.71. The monoisotopic (exact) mass is 284 g/mol. The zero-order chi connectivity index (χ0) is 14.8. The van der Waals surface area contributed by atoms with Gasteiger partial charge in [-0.25, -0.2) is 4.99 Å². The number of rotatable bonds is 3. The molecular weight excluding hydrogens is 268 g/mol. The number of methoxy groups -OCH3 is 1. The second-order valence-electron chi connectivity index (χ2n) is 4.71. The topological polar surface area (TPSA) is 55.0 Å². The molecule has 21 heavy (non-hydrogen) atoms. The number of fused-ring (bicyclic) bond motifs is 1. The minimum atomic E-state index is -0.000321. The average Bonchev–Trinajstić information content (AvgIpc) is 2.98. The van der Waals surface area contributed by atoms with Gasteiger partial charge in [0.1, 0.15) is 11.5 Å². The summed E-state index contributed by atoms with van der Waals surface area (Å²) in [6, 6.07) is 9.14. The van der Waals surface area contributed by atoms with Crippen molar-refractivity contribution < 1.29 is 13.9 Å². The molecule has 1 aromatic carbocycles. The van der Waals surface area contributed by atoms with E-state index in [1.807, 2.05) is 31.2 Å². The molecule has 0 unspecified atom stereocenters. The minimum absolute atomic E-state index is 0.000321. The van der Waals surface area contributed by atoms with E-state index in [9.17, 15) is 4.79 Å². The Balaban J connectivity index is 2.14. The van der Waals surface area contributed by atoms with Crippen molar-refractivity contribution in [3.63, 3.8) is 0 Å². The van der Waals surface area contributed by atoms with Crippen LogP contribution in [0.25, 0.3) is 0 Å². The molecule has 0 radical (unpaired) electrons. The lowest BCUT2D eigenvalue weighted by atomic mass is 10.2. The highest BCUT2D eigenvalue weighted by Gasteiger charge is 2.25. The van der Waals surface area contributed by atoms with Crippen molar-refractivity contribution in [2.24, 2.45) is 4.99 Å². The molecule has 1 aliphatic rings. The van der Waals surface area contributed by atoms with Crippen LogP contribution in [0.15, 0.2) is 46.0 Å². The van der Waals surface area contributed by atoms with Gasteiger partial charge in [0.25, 0.3) is 0 Å². The maximum atomic E-state index is 12.5.